The van der Waals surface area contributed by atoms with Gasteiger partial charge in [0.1, 0.15) is 23.6 Å². The van der Waals surface area contributed by atoms with E-state index in [1.165, 1.54) is 13.8 Å². The van der Waals surface area contributed by atoms with Gasteiger partial charge in [-0.2, -0.15) is 0 Å². The Bertz CT molecular complexity index is 1300. The summed E-state index contributed by atoms with van der Waals surface area (Å²) in [6.07, 6.45) is 0. The molecule has 2 aromatic rings. The van der Waals surface area contributed by atoms with Gasteiger partial charge in [-0.25, -0.2) is 10.2 Å². The predicted octanol–water partition coefficient (Wildman–Crippen LogP) is 8.10. The molecule has 258 valence electrons. The Morgan fingerprint density at radius 2 is 1.02 bits per heavy atom. The highest BCUT2D eigenvalue weighted by Gasteiger charge is 2.33. The van der Waals surface area contributed by atoms with Crippen molar-refractivity contribution < 1.29 is 38.0 Å². The van der Waals surface area contributed by atoms with Gasteiger partial charge >= 0.3 is 19.6 Å². The molecular weight excluding hydrogens is 607 g/mol. The number of benzene rings is 2. The largest absolute Gasteiger partial charge is 0.507 e. The van der Waals surface area contributed by atoms with Crippen molar-refractivity contribution in [2.75, 3.05) is 20.0 Å². The number of esters is 2. The number of carbonyl (C=O) groups is 2. The summed E-state index contributed by atoms with van der Waals surface area (Å²) in [7, 11) is -4.04. The minimum atomic E-state index is -4.04. The van der Waals surface area contributed by atoms with Gasteiger partial charge in [0.05, 0.1) is 13.2 Å². The van der Waals surface area contributed by atoms with Crippen LogP contribution in [0.15, 0.2) is 24.3 Å². The molecule has 0 spiro atoms. The second-order valence-electron chi connectivity index (χ2n) is 12.8. The number of hydrogen-bond donors (Lipinski definition) is 3. The van der Waals surface area contributed by atoms with E-state index in [4.69, 9.17) is 18.7 Å². The van der Waals surface area contributed by atoms with Crippen LogP contribution in [0.25, 0.3) is 11.1 Å². The van der Waals surface area contributed by atoms with E-state index in [1.54, 1.807) is 13.8 Å². The molecule has 0 aliphatic rings. The molecule has 0 heterocycles. The monoisotopic (exact) mass is 662 g/mol. The maximum absolute atomic E-state index is 14.0. The van der Waals surface area contributed by atoms with Crippen molar-refractivity contribution in [1.82, 2.24) is 10.2 Å². The third kappa shape index (κ3) is 10.3. The quantitative estimate of drug-likeness (QED) is 0.0867. The Hall–Kier alpha value is -2.91. The number of rotatable bonds is 17. The second-order valence-corrected chi connectivity index (χ2v) is 14.6. The topological polar surface area (TPSA) is 132 Å². The zero-order chi connectivity index (χ0) is 34.9. The van der Waals surface area contributed by atoms with E-state index in [0.717, 1.165) is 33.4 Å². The van der Waals surface area contributed by atoms with Crippen LogP contribution in [-0.4, -0.2) is 49.1 Å². The second kappa shape index (κ2) is 17.3. The van der Waals surface area contributed by atoms with Crippen LogP contribution < -0.4 is 14.9 Å². The van der Waals surface area contributed by atoms with Crippen LogP contribution in [0, 0.1) is 0 Å². The number of ether oxygens (including phenoxy) is 3. The molecule has 0 unspecified atom stereocenters. The number of hydrogen-bond acceptors (Lipinski definition) is 8. The first-order valence-corrected chi connectivity index (χ1v) is 17.9. The maximum atomic E-state index is 14.0. The Morgan fingerprint density at radius 3 is 1.35 bits per heavy atom. The van der Waals surface area contributed by atoms with Crippen LogP contribution in [0.3, 0.4) is 0 Å². The van der Waals surface area contributed by atoms with E-state index in [0.29, 0.717) is 11.5 Å². The molecule has 2 aromatic carbocycles. The molecule has 0 fully saturated rings. The third-order valence-corrected chi connectivity index (χ3v) is 9.51. The molecule has 0 amide bonds. The molecule has 0 aliphatic carbocycles. The van der Waals surface area contributed by atoms with Gasteiger partial charge in [-0.1, -0.05) is 55.4 Å². The lowest BCUT2D eigenvalue weighted by Gasteiger charge is -2.27. The fraction of sp³-hybridized carbons (Fsp3) is 0.600. The molecule has 10 nitrogen and oxygen atoms in total. The lowest BCUT2D eigenvalue weighted by Crippen LogP contribution is -2.42. The van der Waals surface area contributed by atoms with E-state index in [1.807, 2.05) is 0 Å². The van der Waals surface area contributed by atoms with E-state index in [-0.39, 0.29) is 36.9 Å². The van der Waals surface area contributed by atoms with Gasteiger partial charge in [-0.05, 0) is 109 Å². The smallest absolute Gasteiger partial charge is 0.345 e. The van der Waals surface area contributed by atoms with Crippen molar-refractivity contribution >= 4 is 19.6 Å². The number of carbonyl (C=O) groups excluding carboxylic acids is 2. The predicted molar refractivity (Wildman–Crippen MR) is 183 cm³/mol. The SMILES string of the molecule is CCOC(=O)[C@H](C)NP(=O)(N[C@@H](C)C(=O)OCC)OCOc1c(C(C)C)cc(-c2cc(C(C)C)c(O)c(C(C)C)c2)cc1C(C)C. The molecule has 0 radical (unpaired) electrons. The Kier molecular flexibility index (Phi) is 14.8. The molecule has 0 aliphatic heterocycles. The van der Waals surface area contributed by atoms with Gasteiger partial charge in [0.2, 0.25) is 0 Å². The minimum Gasteiger partial charge on any atom is -0.507 e. The number of nitrogens with one attached hydrogen (secondary N) is 2. The Labute approximate surface area is 275 Å². The van der Waals surface area contributed by atoms with Crippen LogP contribution in [0.1, 0.15) is 129 Å². The van der Waals surface area contributed by atoms with Crippen molar-refractivity contribution in [1.29, 1.82) is 0 Å². The van der Waals surface area contributed by atoms with Crippen LogP contribution in [0.5, 0.6) is 11.5 Å². The highest BCUT2D eigenvalue weighted by molar-refractivity contribution is 7.54. The summed E-state index contributed by atoms with van der Waals surface area (Å²) in [5.74, 6) is 0.138. The summed E-state index contributed by atoms with van der Waals surface area (Å²) in [5, 5.41) is 16.3. The van der Waals surface area contributed by atoms with Crippen molar-refractivity contribution in [2.45, 2.75) is 119 Å². The molecule has 0 saturated heterocycles. The number of phenols is 1. The first-order chi connectivity index (χ1) is 21.5. The summed E-state index contributed by atoms with van der Waals surface area (Å²) in [4.78, 5) is 24.7. The molecule has 2 rings (SSSR count). The summed E-state index contributed by atoms with van der Waals surface area (Å²) >= 11 is 0. The molecule has 0 saturated carbocycles. The fourth-order valence-electron chi connectivity index (χ4n) is 5.01. The lowest BCUT2D eigenvalue weighted by molar-refractivity contribution is -0.145. The molecule has 46 heavy (non-hydrogen) atoms. The van der Waals surface area contributed by atoms with Gasteiger partial charge in [-0.15, -0.1) is 0 Å². The molecule has 2 atom stereocenters. The maximum Gasteiger partial charge on any atom is 0.345 e. The zero-order valence-corrected chi connectivity index (χ0v) is 30.5. The van der Waals surface area contributed by atoms with Gasteiger partial charge in [-0.3, -0.25) is 18.7 Å². The van der Waals surface area contributed by atoms with Gasteiger partial charge in [0.15, 0.2) is 6.79 Å². The standard InChI is InChI=1S/C35H55N2O8P/c1-13-42-34(39)24(11)36-46(41,37-25(12)35(40)43-14-2)45-19-44-33-30(22(7)8)17-27(18-31(33)23(9)10)26-15-28(20(3)4)32(38)29(16-26)21(5)6/h15-18,20-25,38H,13-14,19H2,1-12H3,(H2,36,37,41)/t24-,25-/m0/s1. The van der Waals surface area contributed by atoms with Crippen molar-refractivity contribution in [3.8, 4) is 22.6 Å². The van der Waals surface area contributed by atoms with Crippen LogP contribution in [0.4, 0.5) is 0 Å². The highest BCUT2D eigenvalue weighted by atomic mass is 31.2. The Morgan fingerprint density at radius 1 is 0.674 bits per heavy atom. The van der Waals surface area contributed by atoms with Crippen molar-refractivity contribution in [3.63, 3.8) is 0 Å². The van der Waals surface area contributed by atoms with Gasteiger partial charge < -0.3 is 19.3 Å². The van der Waals surface area contributed by atoms with Crippen LogP contribution in [0.2, 0.25) is 0 Å². The molecule has 11 heteroatoms. The van der Waals surface area contributed by atoms with E-state index < -0.39 is 38.5 Å². The number of phenolic OH excluding ortho intramolecular Hbond substituents is 1. The zero-order valence-electron chi connectivity index (χ0n) is 29.6. The first-order valence-electron chi connectivity index (χ1n) is 16.3. The Balaban J connectivity index is 2.54. The third-order valence-electron chi connectivity index (χ3n) is 7.58. The normalized spacial score (nSPS) is 13.4. The summed E-state index contributed by atoms with van der Waals surface area (Å²) in [5.41, 5.74) is 5.69. The summed E-state index contributed by atoms with van der Waals surface area (Å²) in [6.45, 7) is 22.8. The fourth-order valence-corrected chi connectivity index (χ4v) is 6.67. The van der Waals surface area contributed by atoms with Crippen molar-refractivity contribution in [2.24, 2.45) is 0 Å². The lowest BCUT2D eigenvalue weighted by atomic mass is 9.86. The highest BCUT2D eigenvalue weighted by Crippen LogP contribution is 2.44. The average Bonchev–Trinajstić information content (AvgIpc) is 2.96. The van der Waals surface area contributed by atoms with E-state index in [2.05, 4.69) is 89.8 Å². The molecule has 0 aromatic heterocycles. The molecule has 3 N–H and O–H groups in total. The average molecular weight is 663 g/mol. The van der Waals surface area contributed by atoms with Crippen LogP contribution in [-0.2, 0) is 28.2 Å². The summed E-state index contributed by atoms with van der Waals surface area (Å²) < 4.78 is 36.1. The van der Waals surface area contributed by atoms with Crippen LogP contribution >= 0.6 is 7.67 Å². The van der Waals surface area contributed by atoms with E-state index >= 15 is 0 Å². The molecular formula is C35H55N2O8P. The number of aromatic hydroxyl groups is 1. The van der Waals surface area contributed by atoms with Gasteiger partial charge in [0.25, 0.3) is 0 Å². The van der Waals surface area contributed by atoms with Gasteiger partial charge in [0, 0.05) is 0 Å². The summed E-state index contributed by atoms with van der Waals surface area (Å²) in [6, 6.07) is 6.30. The van der Waals surface area contributed by atoms with E-state index in [9.17, 15) is 19.3 Å². The first kappa shape index (κ1) is 39.3. The van der Waals surface area contributed by atoms with Crippen molar-refractivity contribution in [3.05, 3.63) is 46.5 Å². The minimum absolute atomic E-state index is 0.0643. The molecule has 0 bridgehead atoms.